The van der Waals surface area contributed by atoms with E-state index in [1.54, 1.807) is 0 Å². The van der Waals surface area contributed by atoms with Crippen molar-refractivity contribution >= 4 is 5.97 Å². The Balaban J connectivity index is 2.36. The van der Waals surface area contributed by atoms with Gasteiger partial charge in [-0.2, -0.15) is 13.2 Å². The van der Waals surface area contributed by atoms with Crippen molar-refractivity contribution < 1.29 is 27.8 Å². The smallest absolute Gasteiger partial charge is 0.401 e. The van der Waals surface area contributed by atoms with E-state index in [1.807, 2.05) is 0 Å². The lowest BCUT2D eigenvalue weighted by Crippen LogP contribution is -2.39. The number of halogens is 3. The first-order chi connectivity index (χ1) is 7.87. The number of hydrogen-bond donors (Lipinski definition) is 1. The minimum Gasteiger partial charge on any atom is -0.480 e. The Kier molecular flexibility index (Phi) is 5.20. The van der Waals surface area contributed by atoms with E-state index < -0.39 is 25.2 Å². The fraction of sp³-hybridized carbons (Fsp3) is 0.900. The maximum Gasteiger partial charge on any atom is 0.401 e. The lowest BCUT2D eigenvalue weighted by atomic mass is 10.2. The first-order valence-corrected chi connectivity index (χ1v) is 5.49. The Bertz CT molecular complexity index is 252. The maximum atomic E-state index is 12.2. The third kappa shape index (κ3) is 6.48. The van der Waals surface area contributed by atoms with Crippen LogP contribution in [-0.4, -0.2) is 54.5 Å². The van der Waals surface area contributed by atoms with Crippen molar-refractivity contribution in [2.45, 2.75) is 31.5 Å². The Labute approximate surface area is 97.3 Å². The number of carboxylic acid groups (broad SMARTS) is 1. The van der Waals surface area contributed by atoms with Crippen LogP contribution >= 0.6 is 0 Å². The second-order valence-electron chi connectivity index (χ2n) is 4.14. The van der Waals surface area contributed by atoms with Crippen LogP contribution in [0, 0.1) is 0 Å². The average molecular weight is 255 g/mol. The molecule has 0 amide bonds. The Hall–Kier alpha value is -0.820. The summed E-state index contributed by atoms with van der Waals surface area (Å²) in [7, 11) is 0. The van der Waals surface area contributed by atoms with Gasteiger partial charge in [0, 0.05) is 13.2 Å². The molecule has 1 saturated heterocycles. The van der Waals surface area contributed by atoms with Crippen molar-refractivity contribution in [1.82, 2.24) is 4.90 Å². The third-order valence-electron chi connectivity index (χ3n) is 2.55. The first kappa shape index (κ1) is 14.2. The Morgan fingerprint density at radius 3 is 2.65 bits per heavy atom. The van der Waals surface area contributed by atoms with E-state index in [2.05, 4.69) is 0 Å². The van der Waals surface area contributed by atoms with Gasteiger partial charge in [0.25, 0.3) is 0 Å². The van der Waals surface area contributed by atoms with Crippen molar-refractivity contribution in [3.63, 3.8) is 0 Å². The third-order valence-corrected chi connectivity index (χ3v) is 2.55. The summed E-state index contributed by atoms with van der Waals surface area (Å²) >= 11 is 0. The molecule has 1 aliphatic rings. The molecule has 0 aromatic rings. The number of hydrogen-bond acceptors (Lipinski definition) is 3. The molecule has 0 spiro atoms. The largest absolute Gasteiger partial charge is 0.480 e. The van der Waals surface area contributed by atoms with Crippen LogP contribution in [0.15, 0.2) is 0 Å². The number of ether oxygens (including phenoxy) is 1. The van der Waals surface area contributed by atoms with Gasteiger partial charge >= 0.3 is 12.1 Å². The molecule has 1 unspecified atom stereocenters. The number of aliphatic carboxylic acids is 1. The Morgan fingerprint density at radius 2 is 2.18 bits per heavy atom. The standard InChI is InChI=1S/C10H16F3NO3/c11-10(12,13)7-14(6-9(15)16)4-3-8-2-1-5-17-8/h8H,1-7H2,(H,15,16). The van der Waals surface area contributed by atoms with E-state index in [-0.39, 0.29) is 12.6 Å². The second-order valence-corrected chi connectivity index (χ2v) is 4.14. The summed E-state index contributed by atoms with van der Waals surface area (Å²) in [5.74, 6) is -1.25. The summed E-state index contributed by atoms with van der Waals surface area (Å²) < 4.78 is 41.9. The molecule has 0 radical (unpaired) electrons. The van der Waals surface area contributed by atoms with Crippen molar-refractivity contribution in [2.24, 2.45) is 0 Å². The van der Waals surface area contributed by atoms with Crippen molar-refractivity contribution in [3.05, 3.63) is 0 Å². The number of rotatable bonds is 6. The summed E-state index contributed by atoms with van der Waals surface area (Å²) in [5.41, 5.74) is 0. The average Bonchev–Trinajstić information content (AvgIpc) is 2.62. The molecule has 0 aromatic heterocycles. The summed E-state index contributed by atoms with van der Waals surface area (Å²) in [6, 6.07) is 0. The lowest BCUT2D eigenvalue weighted by molar-refractivity contribution is -0.154. The molecule has 100 valence electrons. The highest BCUT2D eigenvalue weighted by Gasteiger charge is 2.31. The van der Waals surface area contributed by atoms with Crippen LogP contribution in [0.3, 0.4) is 0 Å². The van der Waals surface area contributed by atoms with Gasteiger partial charge in [0.1, 0.15) is 0 Å². The van der Waals surface area contributed by atoms with Crippen LogP contribution in [0.2, 0.25) is 0 Å². The van der Waals surface area contributed by atoms with Gasteiger partial charge < -0.3 is 9.84 Å². The monoisotopic (exact) mass is 255 g/mol. The van der Waals surface area contributed by atoms with Crippen molar-refractivity contribution in [2.75, 3.05) is 26.2 Å². The maximum absolute atomic E-state index is 12.2. The number of carbonyl (C=O) groups is 1. The zero-order valence-electron chi connectivity index (χ0n) is 9.37. The minimum atomic E-state index is -4.37. The van der Waals surface area contributed by atoms with Crippen molar-refractivity contribution in [3.8, 4) is 0 Å². The molecule has 0 saturated carbocycles. The van der Waals surface area contributed by atoms with E-state index in [9.17, 15) is 18.0 Å². The first-order valence-electron chi connectivity index (χ1n) is 5.49. The predicted octanol–water partition coefficient (Wildman–Crippen LogP) is 1.50. The van der Waals surface area contributed by atoms with Gasteiger partial charge in [-0.15, -0.1) is 0 Å². The van der Waals surface area contributed by atoms with Gasteiger partial charge in [0.05, 0.1) is 19.2 Å². The molecule has 17 heavy (non-hydrogen) atoms. The van der Waals surface area contributed by atoms with Gasteiger partial charge in [0.2, 0.25) is 0 Å². The summed E-state index contributed by atoms with van der Waals surface area (Å²) in [5, 5.41) is 8.53. The Morgan fingerprint density at radius 1 is 1.47 bits per heavy atom. The molecule has 1 heterocycles. The number of alkyl halides is 3. The fourth-order valence-electron chi connectivity index (χ4n) is 1.86. The van der Waals surface area contributed by atoms with Crippen LogP contribution < -0.4 is 0 Å². The van der Waals surface area contributed by atoms with Gasteiger partial charge in [-0.05, 0) is 19.3 Å². The molecule has 1 rings (SSSR count). The highest BCUT2D eigenvalue weighted by atomic mass is 19.4. The second kappa shape index (κ2) is 6.20. The molecule has 1 fully saturated rings. The van der Waals surface area contributed by atoms with E-state index in [0.29, 0.717) is 13.0 Å². The molecule has 0 bridgehead atoms. The normalized spacial score (nSPS) is 21.1. The summed E-state index contributed by atoms with van der Waals surface area (Å²) in [6.07, 6.45) is -2.19. The van der Waals surface area contributed by atoms with Crippen LogP contribution in [0.25, 0.3) is 0 Å². The zero-order valence-corrected chi connectivity index (χ0v) is 9.37. The molecule has 1 aliphatic heterocycles. The quantitative estimate of drug-likeness (QED) is 0.781. The topological polar surface area (TPSA) is 49.8 Å². The summed E-state index contributed by atoms with van der Waals surface area (Å²) in [6.45, 7) is -1.04. The van der Waals surface area contributed by atoms with E-state index in [0.717, 1.165) is 17.7 Å². The van der Waals surface area contributed by atoms with Crippen LogP contribution in [0.4, 0.5) is 13.2 Å². The SMILES string of the molecule is O=C(O)CN(CCC1CCCO1)CC(F)(F)F. The minimum absolute atomic E-state index is 0.0282. The highest BCUT2D eigenvalue weighted by Crippen LogP contribution is 2.19. The highest BCUT2D eigenvalue weighted by molar-refractivity contribution is 5.69. The zero-order chi connectivity index (χ0) is 12.9. The van der Waals surface area contributed by atoms with E-state index >= 15 is 0 Å². The van der Waals surface area contributed by atoms with Crippen LogP contribution in [0.5, 0.6) is 0 Å². The van der Waals surface area contributed by atoms with Crippen molar-refractivity contribution in [1.29, 1.82) is 0 Å². The summed E-state index contributed by atoms with van der Waals surface area (Å²) in [4.78, 5) is 11.3. The molecule has 0 aromatic carbocycles. The molecule has 1 atom stereocenters. The number of nitrogens with zero attached hydrogens (tertiary/aromatic N) is 1. The fourth-order valence-corrected chi connectivity index (χ4v) is 1.86. The molecule has 4 nitrogen and oxygen atoms in total. The van der Waals surface area contributed by atoms with Gasteiger partial charge in [-0.25, -0.2) is 0 Å². The van der Waals surface area contributed by atoms with E-state index in [1.165, 1.54) is 0 Å². The molecule has 0 aliphatic carbocycles. The molecule has 7 heteroatoms. The molecular formula is C10H16F3NO3. The predicted molar refractivity (Wildman–Crippen MR) is 53.7 cm³/mol. The van der Waals surface area contributed by atoms with Gasteiger partial charge in [-0.3, -0.25) is 9.69 Å². The lowest BCUT2D eigenvalue weighted by Gasteiger charge is -2.22. The van der Waals surface area contributed by atoms with Gasteiger partial charge in [0.15, 0.2) is 0 Å². The molecule has 1 N–H and O–H groups in total. The van der Waals surface area contributed by atoms with Gasteiger partial charge in [-0.1, -0.05) is 0 Å². The van der Waals surface area contributed by atoms with Crippen LogP contribution in [0.1, 0.15) is 19.3 Å². The molecular weight excluding hydrogens is 239 g/mol. The van der Waals surface area contributed by atoms with Crippen LogP contribution in [-0.2, 0) is 9.53 Å². The van der Waals surface area contributed by atoms with E-state index in [4.69, 9.17) is 9.84 Å². The number of carboxylic acids is 1.